The van der Waals surface area contributed by atoms with E-state index < -0.39 is 5.82 Å². The van der Waals surface area contributed by atoms with Crippen molar-refractivity contribution in [2.45, 2.75) is 26.9 Å². The molecule has 0 saturated heterocycles. The fourth-order valence-electron chi connectivity index (χ4n) is 3.21. The van der Waals surface area contributed by atoms with Gasteiger partial charge in [-0.25, -0.2) is 9.37 Å². The second-order valence-electron chi connectivity index (χ2n) is 7.35. The highest BCUT2D eigenvalue weighted by molar-refractivity contribution is 7.14. The van der Waals surface area contributed by atoms with Gasteiger partial charge < -0.3 is 19.3 Å². The van der Waals surface area contributed by atoms with E-state index in [-0.39, 0.29) is 18.1 Å². The standard InChI is InChI=1S/C24H22FN3O4S/c1-14-19(15(2)32-28-14)12-31-18-7-4-16(5-8-18)10-23(29)27-24-26-21(13-33-24)17-6-9-22(30-3)20(25)11-17/h4-9,11,13H,10,12H2,1-3H3,(H,26,27,29). The maximum atomic E-state index is 13.9. The Labute approximate surface area is 194 Å². The molecular formula is C24H22FN3O4S. The number of aryl methyl sites for hydroxylation is 2. The maximum Gasteiger partial charge on any atom is 0.230 e. The SMILES string of the molecule is COc1ccc(-c2csc(NC(=O)Cc3ccc(OCc4c(C)noc4C)cc3)n2)cc1F. The number of ether oxygens (including phenoxy) is 2. The zero-order valence-electron chi connectivity index (χ0n) is 18.3. The number of halogens is 1. The quantitative estimate of drug-likeness (QED) is 0.377. The number of benzene rings is 2. The molecule has 9 heteroatoms. The molecule has 2 aromatic carbocycles. The number of aromatic nitrogens is 2. The Morgan fingerprint density at radius 3 is 2.64 bits per heavy atom. The van der Waals surface area contributed by atoms with Crippen molar-refractivity contribution in [2.75, 3.05) is 12.4 Å². The van der Waals surface area contributed by atoms with Gasteiger partial charge in [-0.2, -0.15) is 0 Å². The first-order chi connectivity index (χ1) is 15.9. The van der Waals surface area contributed by atoms with Gasteiger partial charge in [0.2, 0.25) is 5.91 Å². The Morgan fingerprint density at radius 2 is 1.97 bits per heavy atom. The molecule has 4 aromatic rings. The Kier molecular flexibility index (Phi) is 6.69. The van der Waals surface area contributed by atoms with Gasteiger partial charge in [0.05, 0.1) is 30.5 Å². The summed E-state index contributed by atoms with van der Waals surface area (Å²) in [5.74, 6) is 0.940. The second kappa shape index (κ2) is 9.83. The zero-order valence-corrected chi connectivity index (χ0v) is 19.2. The lowest BCUT2D eigenvalue weighted by atomic mass is 10.1. The molecule has 33 heavy (non-hydrogen) atoms. The van der Waals surface area contributed by atoms with Crippen LogP contribution in [0, 0.1) is 19.7 Å². The Bertz CT molecular complexity index is 1250. The number of nitrogens with one attached hydrogen (secondary N) is 1. The molecule has 0 fully saturated rings. The van der Waals surface area contributed by atoms with Crippen LogP contribution >= 0.6 is 11.3 Å². The van der Waals surface area contributed by atoms with Gasteiger partial charge in [-0.3, -0.25) is 4.79 Å². The third-order valence-electron chi connectivity index (χ3n) is 5.05. The average Bonchev–Trinajstić information content (AvgIpc) is 3.39. The molecule has 0 aliphatic rings. The summed E-state index contributed by atoms with van der Waals surface area (Å²) >= 11 is 1.28. The summed E-state index contributed by atoms with van der Waals surface area (Å²) in [4.78, 5) is 16.8. The fourth-order valence-corrected chi connectivity index (χ4v) is 3.94. The fraction of sp³-hybridized carbons (Fsp3) is 0.208. The minimum atomic E-state index is -0.465. The van der Waals surface area contributed by atoms with Crippen LogP contribution < -0.4 is 14.8 Å². The lowest BCUT2D eigenvalue weighted by Gasteiger charge is -2.07. The number of thiazole rings is 1. The van der Waals surface area contributed by atoms with Crippen molar-refractivity contribution in [1.29, 1.82) is 0 Å². The Hall–Kier alpha value is -3.72. The summed E-state index contributed by atoms with van der Waals surface area (Å²) in [5.41, 5.74) is 3.77. The van der Waals surface area contributed by atoms with Crippen molar-refractivity contribution in [3.8, 4) is 22.8 Å². The van der Waals surface area contributed by atoms with Gasteiger partial charge in [0.1, 0.15) is 18.1 Å². The van der Waals surface area contributed by atoms with Crippen molar-refractivity contribution >= 4 is 22.4 Å². The summed E-state index contributed by atoms with van der Waals surface area (Å²) in [6.45, 7) is 4.09. The molecule has 0 unspecified atom stereocenters. The largest absolute Gasteiger partial charge is 0.494 e. The highest BCUT2D eigenvalue weighted by Crippen LogP contribution is 2.28. The van der Waals surface area contributed by atoms with Crippen LogP contribution in [0.25, 0.3) is 11.3 Å². The monoisotopic (exact) mass is 467 g/mol. The topological polar surface area (TPSA) is 86.5 Å². The van der Waals surface area contributed by atoms with Crippen molar-refractivity contribution in [1.82, 2.24) is 10.1 Å². The van der Waals surface area contributed by atoms with Crippen molar-refractivity contribution < 1.29 is 23.2 Å². The van der Waals surface area contributed by atoms with Gasteiger partial charge in [0, 0.05) is 10.9 Å². The molecule has 0 aliphatic heterocycles. The van der Waals surface area contributed by atoms with E-state index in [0.29, 0.717) is 28.7 Å². The zero-order chi connectivity index (χ0) is 23.4. The van der Waals surface area contributed by atoms with E-state index >= 15 is 0 Å². The molecule has 4 rings (SSSR count). The number of rotatable bonds is 8. The van der Waals surface area contributed by atoms with Gasteiger partial charge >= 0.3 is 0 Å². The van der Waals surface area contributed by atoms with Gasteiger partial charge in [0.25, 0.3) is 0 Å². The number of hydrogen-bond donors (Lipinski definition) is 1. The van der Waals surface area contributed by atoms with E-state index in [1.54, 1.807) is 17.5 Å². The molecule has 1 N–H and O–H groups in total. The number of anilines is 1. The molecule has 0 saturated carbocycles. The van der Waals surface area contributed by atoms with E-state index in [4.69, 9.17) is 14.0 Å². The van der Waals surface area contributed by atoms with Crippen LogP contribution in [0.2, 0.25) is 0 Å². The highest BCUT2D eigenvalue weighted by atomic mass is 32.1. The molecule has 2 aromatic heterocycles. The molecule has 0 aliphatic carbocycles. The summed E-state index contributed by atoms with van der Waals surface area (Å²) in [5, 5.41) is 8.92. The first-order valence-corrected chi connectivity index (χ1v) is 11.0. The minimum Gasteiger partial charge on any atom is -0.494 e. The highest BCUT2D eigenvalue weighted by Gasteiger charge is 2.12. The van der Waals surface area contributed by atoms with Crippen molar-refractivity contribution in [3.63, 3.8) is 0 Å². The third-order valence-corrected chi connectivity index (χ3v) is 5.81. The summed E-state index contributed by atoms with van der Waals surface area (Å²) < 4.78 is 29.8. The summed E-state index contributed by atoms with van der Waals surface area (Å²) in [7, 11) is 1.41. The van der Waals surface area contributed by atoms with Crippen LogP contribution in [0.4, 0.5) is 9.52 Å². The number of methoxy groups -OCH3 is 1. The first kappa shape index (κ1) is 22.5. The molecule has 0 bridgehead atoms. The van der Waals surface area contributed by atoms with Crippen LogP contribution in [0.15, 0.2) is 52.4 Å². The second-order valence-corrected chi connectivity index (χ2v) is 8.21. The lowest BCUT2D eigenvalue weighted by Crippen LogP contribution is -2.14. The number of nitrogens with zero attached hydrogens (tertiary/aromatic N) is 2. The average molecular weight is 468 g/mol. The predicted molar refractivity (Wildman–Crippen MR) is 123 cm³/mol. The summed E-state index contributed by atoms with van der Waals surface area (Å²) in [6.07, 6.45) is 0.191. The molecule has 0 atom stereocenters. The van der Waals surface area contributed by atoms with Gasteiger partial charge in [-0.05, 0) is 49.7 Å². The number of carbonyl (C=O) groups is 1. The van der Waals surface area contributed by atoms with E-state index in [1.165, 1.54) is 24.5 Å². The number of carbonyl (C=O) groups excluding carboxylic acids is 1. The van der Waals surface area contributed by atoms with Crippen LogP contribution in [0.3, 0.4) is 0 Å². The molecule has 1 amide bonds. The van der Waals surface area contributed by atoms with E-state index in [9.17, 15) is 9.18 Å². The maximum absolute atomic E-state index is 13.9. The lowest BCUT2D eigenvalue weighted by molar-refractivity contribution is -0.115. The third kappa shape index (κ3) is 5.38. The normalized spacial score (nSPS) is 10.8. The van der Waals surface area contributed by atoms with Gasteiger partial charge in [-0.15, -0.1) is 11.3 Å². The smallest absolute Gasteiger partial charge is 0.230 e. The molecule has 7 nitrogen and oxygen atoms in total. The van der Waals surface area contributed by atoms with Gasteiger partial charge in [-0.1, -0.05) is 17.3 Å². The van der Waals surface area contributed by atoms with Crippen LogP contribution in [-0.2, 0) is 17.8 Å². The molecule has 0 spiro atoms. The van der Waals surface area contributed by atoms with E-state index in [0.717, 1.165) is 22.6 Å². The summed E-state index contributed by atoms with van der Waals surface area (Å²) in [6, 6.07) is 11.9. The Balaban J connectivity index is 1.32. The predicted octanol–water partition coefficient (Wildman–Crippen LogP) is 5.32. The number of hydrogen-bond acceptors (Lipinski definition) is 7. The molecule has 2 heterocycles. The van der Waals surface area contributed by atoms with Crippen LogP contribution in [-0.4, -0.2) is 23.2 Å². The molecule has 170 valence electrons. The van der Waals surface area contributed by atoms with E-state index in [2.05, 4.69) is 15.5 Å². The first-order valence-electron chi connectivity index (χ1n) is 10.2. The van der Waals surface area contributed by atoms with Gasteiger partial charge in [0.15, 0.2) is 16.7 Å². The molecule has 0 radical (unpaired) electrons. The van der Waals surface area contributed by atoms with Crippen LogP contribution in [0.5, 0.6) is 11.5 Å². The van der Waals surface area contributed by atoms with Crippen molar-refractivity contribution in [2.24, 2.45) is 0 Å². The minimum absolute atomic E-state index is 0.169. The molecular weight excluding hydrogens is 445 g/mol. The Morgan fingerprint density at radius 1 is 1.18 bits per heavy atom. The van der Waals surface area contributed by atoms with Crippen molar-refractivity contribution in [3.05, 3.63) is 76.2 Å². The van der Waals surface area contributed by atoms with Crippen LogP contribution in [0.1, 0.15) is 22.6 Å². The van der Waals surface area contributed by atoms with E-state index in [1.807, 2.05) is 38.1 Å². The number of amides is 1.